The number of benzene rings is 1. The summed E-state index contributed by atoms with van der Waals surface area (Å²) in [5, 5.41) is 0. The molecular weight excluding hydrogens is 294 g/mol. The Hall–Kier alpha value is -2.17. The fourth-order valence-electron chi connectivity index (χ4n) is 3.60. The molecule has 1 aromatic rings. The predicted molar refractivity (Wildman–Crippen MR) is 85.2 cm³/mol. The Bertz CT molecular complexity index is 643. The lowest BCUT2D eigenvalue weighted by atomic mass is 9.77. The van der Waals surface area contributed by atoms with Gasteiger partial charge in [-0.1, -0.05) is 31.9 Å². The first-order chi connectivity index (χ1) is 11.1. The van der Waals surface area contributed by atoms with Crippen molar-refractivity contribution in [1.29, 1.82) is 0 Å². The maximum absolute atomic E-state index is 12.7. The second kappa shape index (κ2) is 6.14. The third-order valence-electron chi connectivity index (χ3n) is 4.82. The number of methoxy groups -OCH3 is 1. The van der Waals surface area contributed by atoms with E-state index in [0.717, 1.165) is 31.2 Å². The summed E-state index contributed by atoms with van der Waals surface area (Å²) < 4.78 is 10.1. The van der Waals surface area contributed by atoms with E-state index in [4.69, 9.17) is 14.5 Å². The van der Waals surface area contributed by atoms with Crippen LogP contribution in [0, 0.1) is 5.92 Å². The molecule has 1 saturated carbocycles. The number of cyclic esters (lactones) is 1. The number of hydrogen-bond donors (Lipinski definition) is 0. The summed E-state index contributed by atoms with van der Waals surface area (Å²) in [6.07, 6.45) is 4.75. The Morgan fingerprint density at radius 3 is 2.48 bits per heavy atom. The monoisotopic (exact) mass is 315 g/mol. The number of rotatable bonds is 4. The minimum atomic E-state index is -0.948. The maximum atomic E-state index is 12.7. The van der Waals surface area contributed by atoms with Gasteiger partial charge in [0.1, 0.15) is 0 Å². The molecule has 23 heavy (non-hydrogen) atoms. The Balaban J connectivity index is 2.04. The molecule has 5 heteroatoms. The Kier molecular flexibility index (Phi) is 4.20. The second-order valence-corrected chi connectivity index (χ2v) is 6.07. The quantitative estimate of drug-likeness (QED) is 0.800. The highest BCUT2D eigenvalue weighted by Crippen LogP contribution is 2.47. The molecular formula is C18H21NO4. The molecule has 3 rings (SSSR count). The van der Waals surface area contributed by atoms with Crippen molar-refractivity contribution in [3.63, 3.8) is 0 Å². The molecule has 1 unspecified atom stereocenters. The minimum absolute atomic E-state index is 0.156. The third-order valence-corrected chi connectivity index (χ3v) is 4.82. The van der Waals surface area contributed by atoms with E-state index in [1.54, 1.807) is 24.3 Å². The zero-order chi connectivity index (χ0) is 16.4. The molecule has 1 aliphatic carbocycles. The van der Waals surface area contributed by atoms with Gasteiger partial charge in [0.25, 0.3) is 0 Å². The SMILES string of the molecule is CCC1=NC(c2ccc(C(=O)OC)cc2)(C2CCCC2)C(=O)O1. The number of ether oxygens (including phenoxy) is 2. The summed E-state index contributed by atoms with van der Waals surface area (Å²) in [6, 6.07) is 6.97. The van der Waals surface area contributed by atoms with Gasteiger partial charge in [-0.15, -0.1) is 0 Å². The lowest BCUT2D eigenvalue weighted by molar-refractivity contribution is -0.141. The van der Waals surface area contributed by atoms with Crippen LogP contribution >= 0.6 is 0 Å². The van der Waals surface area contributed by atoms with Crippen molar-refractivity contribution in [2.45, 2.75) is 44.6 Å². The van der Waals surface area contributed by atoms with Gasteiger partial charge in [0, 0.05) is 6.42 Å². The molecule has 0 aromatic heterocycles. The van der Waals surface area contributed by atoms with Gasteiger partial charge >= 0.3 is 11.9 Å². The van der Waals surface area contributed by atoms with Crippen molar-refractivity contribution in [1.82, 2.24) is 0 Å². The number of hydrogen-bond acceptors (Lipinski definition) is 5. The molecule has 1 aromatic carbocycles. The molecule has 1 fully saturated rings. The molecule has 0 spiro atoms. The number of esters is 2. The lowest BCUT2D eigenvalue weighted by Gasteiger charge is -2.29. The molecule has 1 heterocycles. The fraction of sp³-hybridized carbons (Fsp3) is 0.500. The molecule has 0 N–H and O–H groups in total. The fourth-order valence-corrected chi connectivity index (χ4v) is 3.60. The predicted octanol–water partition coefficient (Wildman–Crippen LogP) is 3.22. The standard InChI is InChI=1S/C18H21NO4/c1-3-15-19-18(17(21)23-15,13-6-4-5-7-13)14-10-8-12(9-11-14)16(20)22-2/h8-11,13H,3-7H2,1-2H3. The van der Waals surface area contributed by atoms with Gasteiger partial charge in [-0.25, -0.2) is 14.6 Å². The minimum Gasteiger partial charge on any atom is -0.465 e. The van der Waals surface area contributed by atoms with Gasteiger partial charge in [0.05, 0.1) is 12.7 Å². The number of carbonyl (C=O) groups excluding carboxylic acids is 2. The Morgan fingerprint density at radius 2 is 1.96 bits per heavy atom. The molecule has 0 amide bonds. The van der Waals surface area contributed by atoms with Gasteiger partial charge in [-0.3, -0.25) is 0 Å². The van der Waals surface area contributed by atoms with Crippen LogP contribution in [-0.2, 0) is 19.8 Å². The molecule has 2 aliphatic rings. The average Bonchev–Trinajstić information content (AvgIpc) is 3.22. The van der Waals surface area contributed by atoms with E-state index in [1.807, 2.05) is 6.92 Å². The molecule has 1 atom stereocenters. The van der Waals surface area contributed by atoms with E-state index in [-0.39, 0.29) is 11.9 Å². The van der Waals surface area contributed by atoms with Crippen LogP contribution < -0.4 is 0 Å². The van der Waals surface area contributed by atoms with Crippen molar-refractivity contribution in [2.75, 3.05) is 7.11 Å². The highest BCUT2D eigenvalue weighted by molar-refractivity contribution is 6.01. The first kappa shape index (κ1) is 15.7. The van der Waals surface area contributed by atoms with Crippen LogP contribution in [0.15, 0.2) is 29.3 Å². The van der Waals surface area contributed by atoms with E-state index >= 15 is 0 Å². The van der Waals surface area contributed by atoms with Crippen molar-refractivity contribution in [2.24, 2.45) is 10.9 Å². The van der Waals surface area contributed by atoms with Crippen molar-refractivity contribution in [3.8, 4) is 0 Å². The summed E-state index contributed by atoms with van der Waals surface area (Å²) >= 11 is 0. The number of nitrogens with zero attached hydrogens (tertiary/aromatic N) is 1. The summed E-state index contributed by atoms with van der Waals surface area (Å²) in [6.45, 7) is 1.93. The van der Waals surface area contributed by atoms with Gasteiger partial charge in [0.2, 0.25) is 0 Å². The summed E-state index contributed by atoms with van der Waals surface area (Å²) in [7, 11) is 1.35. The van der Waals surface area contributed by atoms with Crippen LogP contribution in [-0.4, -0.2) is 24.9 Å². The smallest absolute Gasteiger partial charge is 0.345 e. The van der Waals surface area contributed by atoms with E-state index in [2.05, 4.69) is 0 Å². The molecule has 0 saturated heterocycles. The highest BCUT2D eigenvalue weighted by Gasteiger charge is 2.53. The van der Waals surface area contributed by atoms with E-state index in [0.29, 0.717) is 17.9 Å². The average molecular weight is 315 g/mol. The van der Waals surface area contributed by atoms with E-state index < -0.39 is 11.5 Å². The first-order valence-electron chi connectivity index (χ1n) is 8.11. The summed E-state index contributed by atoms with van der Waals surface area (Å²) in [4.78, 5) is 29.0. The molecule has 0 radical (unpaired) electrons. The van der Waals surface area contributed by atoms with Gasteiger partial charge < -0.3 is 9.47 Å². The van der Waals surface area contributed by atoms with Crippen molar-refractivity contribution in [3.05, 3.63) is 35.4 Å². The van der Waals surface area contributed by atoms with Gasteiger partial charge in [-0.05, 0) is 36.5 Å². The normalized spacial score (nSPS) is 24.4. The summed E-state index contributed by atoms with van der Waals surface area (Å²) in [5.41, 5.74) is 0.311. The first-order valence-corrected chi connectivity index (χ1v) is 8.11. The topological polar surface area (TPSA) is 65.0 Å². The maximum Gasteiger partial charge on any atom is 0.345 e. The van der Waals surface area contributed by atoms with Crippen LogP contribution in [0.1, 0.15) is 54.9 Å². The van der Waals surface area contributed by atoms with Crippen LogP contribution in [0.25, 0.3) is 0 Å². The van der Waals surface area contributed by atoms with Gasteiger partial charge in [0.15, 0.2) is 11.4 Å². The largest absolute Gasteiger partial charge is 0.465 e. The Morgan fingerprint density at radius 1 is 1.30 bits per heavy atom. The zero-order valence-corrected chi connectivity index (χ0v) is 13.5. The van der Waals surface area contributed by atoms with Crippen LogP contribution in [0.4, 0.5) is 0 Å². The lowest BCUT2D eigenvalue weighted by Crippen LogP contribution is -2.38. The zero-order valence-electron chi connectivity index (χ0n) is 13.5. The van der Waals surface area contributed by atoms with Crippen molar-refractivity contribution < 1.29 is 19.1 Å². The number of aliphatic imine (C=N–C) groups is 1. The second-order valence-electron chi connectivity index (χ2n) is 6.07. The molecule has 1 aliphatic heterocycles. The number of carbonyl (C=O) groups is 2. The van der Waals surface area contributed by atoms with E-state index in [1.165, 1.54) is 7.11 Å². The van der Waals surface area contributed by atoms with E-state index in [9.17, 15) is 9.59 Å². The Labute approximate surface area is 135 Å². The van der Waals surface area contributed by atoms with Crippen LogP contribution in [0.2, 0.25) is 0 Å². The van der Waals surface area contributed by atoms with Crippen molar-refractivity contribution >= 4 is 17.8 Å². The van der Waals surface area contributed by atoms with Gasteiger partial charge in [-0.2, -0.15) is 0 Å². The molecule has 0 bridgehead atoms. The van der Waals surface area contributed by atoms with Crippen LogP contribution in [0.3, 0.4) is 0 Å². The third kappa shape index (κ3) is 2.54. The molecule has 5 nitrogen and oxygen atoms in total. The highest BCUT2D eigenvalue weighted by atomic mass is 16.6. The van der Waals surface area contributed by atoms with Crippen LogP contribution in [0.5, 0.6) is 0 Å². The summed E-state index contributed by atoms with van der Waals surface area (Å²) in [5.74, 6) is -0.0211. The molecule has 122 valence electrons.